The van der Waals surface area contributed by atoms with Crippen LogP contribution in [0.15, 0.2) is 18.3 Å². The van der Waals surface area contributed by atoms with E-state index in [9.17, 15) is 4.79 Å². The Hall–Kier alpha value is -1.58. The molecule has 2 heterocycles. The first-order chi connectivity index (χ1) is 9.30. The molecule has 1 amide bonds. The molecule has 0 N–H and O–H groups in total. The standard InChI is InChI=1S/C15H23N3O/c1-3-17(4-2)15-9-8-13(11-16-15)14-7-5-6-10-18(14)12-19/h8-9,11-12,14H,3-7,10H2,1-2H3/t14-/m0/s1. The van der Waals surface area contributed by atoms with Gasteiger partial charge in [-0.05, 0) is 44.7 Å². The highest BCUT2D eigenvalue weighted by molar-refractivity contribution is 5.49. The Morgan fingerprint density at radius 2 is 2.16 bits per heavy atom. The van der Waals surface area contributed by atoms with Gasteiger partial charge in [-0.3, -0.25) is 4.79 Å². The molecule has 0 bridgehead atoms. The molecule has 1 atom stereocenters. The van der Waals surface area contributed by atoms with Crippen LogP contribution in [0.3, 0.4) is 0 Å². The average Bonchev–Trinajstić information content (AvgIpc) is 2.49. The highest BCUT2D eigenvalue weighted by atomic mass is 16.1. The lowest BCUT2D eigenvalue weighted by molar-refractivity contribution is -0.121. The third-order valence-electron chi connectivity index (χ3n) is 3.92. The molecule has 1 aromatic rings. The fraction of sp³-hybridized carbons (Fsp3) is 0.600. The molecule has 0 unspecified atom stereocenters. The molecule has 4 nitrogen and oxygen atoms in total. The van der Waals surface area contributed by atoms with Gasteiger partial charge in [0.2, 0.25) is 6.41 Å². The topological polar surface area (TPSA) is 36.4 Å². The van der Waals surface area contributed by atoms with E-state index in [4.69, 9.17) is 0 Å². The van der Waals surface area contributed by atoms with Crippen molar-refractivity contribution in [1.29, 1.82) is 0 Å². The lowest BCUT2D eigenvalue weighted by Crippen LogP contribution is -2.32. The first kappa shape index (κ1) is 13.8. The smallest absolute Gasteiger partial charge is 0.210 e. The number of hydrogen-bond acceptors (Lipinski definition) is 3. The number of carbonyl (C=O) groups is 1. The molecule has 0 radical (unpaired) electrons. The number of rotatable bonds is 5. The number of aromatic nitrogens is 1. The highest BCUT2D eigenvalue weighted by Gasteiger charge is 2.22. The summed E-state index contributed by atoms with van der Waals surface area (Å²) >= 11 is 0. The lowest BCUT2D eigenvalue weighted by atomic mass is 9.97. The summed E-state index contributed by atoms with van der Waals surface area (Å²) in [7, 11) is 0. The van der Waals surface area contributed by atoms with Crippen molar-refractivity contribution < 1.29 is 4.79 Å². The quantitative estimate of drug-likeness (QED) is 0.764. The van der Waals surface area contributed by atoms with Gasteiger partial charge in [0.05, 0.1) is 6.04 Å². The van der Waals surface area contributed by atoms with Gasteiger partial charge in [-0.25, -0.2) is 4.98 Å². The van der Waals surface area contributed by atoms with Crippen molar-refractivity contribution in [2.24, 2.45) is 0 Å². The van der Waals surface area contributed by atoms with Crippen LogP contribution in [0, 0.1) is 0 Å². The molecule has 1 aliphatic rings. The second kappa shape index (κ2) is 6.55. The summed E-state index contributed by atoms with van der Waals surface area (Å²) in [5.74, 6) is 1.02. The summed E-state index contributed by atoms with van der Waals surface area (Å²) in [5.41, 5.74) is 1.16. The number of amides is 1. The molecular weight excluding hydrogens is 238 g/mol. The van der Waals surface area contributed by atoms with Gasteiger partial charge in [-0.15, -0.1) is 0 Å². The molecule has 1 aliphatic heterocycles. The number of anilines is 1. The fourth-order valence-electron chi connectivity index (χ4n) is 2.77. The van der Waals surface area contributed by atoms with Gasteiger partial charge in [0.25, 0.3) is 0 Å². The van der Waals surface area contributed by atoms with E-state index in [0.29, 0.717) is 0 Å². The van der Waals surface area contributed by atoms with Gasteiger partial charge < -0.3 is 9.80 Å². The van der Waals surface area contributed by atoms with E-state index in [1.165, 1.54) is 6.42 Å². The minimum Gasteiger partial charge on any atom is -0.357 e. The third-order valence-corrected chi connectivity index (χ3v) is 3.92. The zero-order chi connectivity index (χ0) is 13.7. The van der Waals surface area contributed by atoms with Crippen molar-refractivity contribution in [2.45, 2.75) is 39.2 Å². The molecule has 1 saturated heterocycles. The van der Waals surface area contributed by atoms with Crippen molar-refractivity contribution in [3.63, 3.8) is 0 Å². The summed E-state index contributed by atoms with van der Waals surface area (Å²) in [5, 5.41) is 0. The Kier molecular flexibility index (Phi) is 4.77. The zero-order valence-electron chi connectivity index (χ0n) is 11.9. The van der Waals surface area contributed by atoms with Gasteiger partial charge in [0.15, 0.2) is 0 Å². The molecular formula is C15H23N3O. The van der Waals surface area contributed by atoms with Crippen molar-refractivity contribution in [2.75, 3.05) is 24.5 Å². The second-order valence-electron chi connectivity index (χ2n) is 4.98. The third kappa shape index (κ3) is 3.06. The zero-order valence-corrected chi connectivity index (χ0v) is 11.9. The van der Waals surface area contributed by atoms with Crippen LogP contribution in [0.4, 0.5) is 5.82 Å². The predicted molar refractivity (Wildman–Crippen MR) is 77.2 cm³/mol. The Labute approximate surface area is 115 Å². The maximum atomic E-state index is 11.1. The minimum absolute atomic E-state index is 0.213. The first-order valence-corrected chi connectivity index (χ1v) is 7.22. The molecule has 19 heavy (non-hydrogen) atoms. The first-order valence-electron chi connectivity index (χ1n) is 7.22. The van der Waals surface area contributed by atoms with Crippen LogP contribution in [0.2, 0.25) is 0 Å². The molecule has 2 rings (SSSR count). The number of nitrogens with zero attached hydrogens (tertiary/aromatic N) is 3. The second-order valence-corrected chi connectivity index (χ2v) is 4.98. The summed E-state index contributed by atoms with van der Waals surface area (Å²) in [6, 6.07) is 4.40. The Morgan fingerprint density at radius 3 is 2.74 bits per heavy atom. The van der Waals surface area contributed by atoms with Crippen molar-refractivity contribution in [1.82, 2.24) is 9.88 Å². The molecule has 104 valence electrons. The normalized spacial score (nSPS) is 19.3. The van der Waals surface area contributed by atoms with Crippen molar-refractivity contribution >= 4 is 12.2 Å². The van der Waals surface area contributed by atoms with Crippen LogP contribution in [-0.4, -0.2) is 35.9 Å². The summed E-state index contributed by atoms with van der Waals surface area (Å²) in [4.78, 5) is 19.8. The molecule has 0 saturated carbocycles. The Balaban J connectivity index is 2.14. The Bertz CT molecular complexity index is 400. The van der Waals surface area contributed by atoms with Gasteiger partial charge in [-0.1, -0.05) is 6.07 Å². The minimum atomic E-state index is 0.213. The largest absolute Gasteiger partial charge is 0.357 e. The van der Waals surface area contributed by atoms with Gasteiger partial charge >= 0.3 is 0 Å². The number of piperidine rings is 1. The van der Waals surface area contributed by atoms with Crippen LogP contribution in [0.1, 0.15) is 44.7 Å². The van der Waals surface area contributed by atoms with Gasteiger partial charge in [0, 0.05) is 25.8 Å². The van der Waals surface area contributed by atoms with Crippen molar-refractivity contribution in [3.05, 3.63) is 23.9 Å². The monoisotopic (exact) mass is 261 g/mol. The van der Waals surface area contributed by atoms with E-state index in [2.05, 4.69) is 35.9 Å². The van der Waals surface area contributed by atoms with Gasteiger partial charge in [0.1, 0.15) is 5.82 Å². The maximum Gasteiger partial charge on any atom is 0.210 e. The molecule has 0 aromatic carbocycles. The van der Waals surface area contributed by atoms with Gasteiger partial charge in [-0.2, -0.15) is 0 Å². The molecule has 0 aliphatic carbocycles. The lowest BCUT2D eigenvalue weighted by Gasteiger charge is -2.33. The number of carbonyl (C=O) groups excluding carboxylic acids is 1. The highest BCUT2D eigenvalue weighted by Crippen LogP contribution is 2.29. The van der Waals surface area contributed by atoms with E-state index >= 15 is 0 Å². The van der Waals surface area contributed by atoms with Crippen LogP contribution in [-0.2, 0) is 4.79 Å². The molecule has 0 spiro atoms. The molecule has 1 aromatic heterocycles. The van der Waals surface area contributed by atoms with E-state index in [0.717, 1.165) is 50.3 Å². The van der Waals surface area contributed by atoms with Crippen LogP contribution < -0.4 is 4.90 Å². The number of hydrogen-bond donors (Lipinski definition) is 0. The Morgan fingerprint density at radius 1 is 1.37 bits per heavy atom. The molecule has 1 fully saturated rings. The predicted octanol–water partition coefficient (Wildman–Crippen LogP) is 2.61. The van der Waals surface area contributed by atoms with Crippen LogP contribution in [0.5, 0.6) is 0 Å². The SMILES string of the molecule is CCN(CC)c1ccc([C@@H]2CCCCN2C=O)cn1. The number of likely N-dealkylation sites (tertiary alicyclic amines) is 1. The van der Waals surface area contributed by atoms with E-state index < -0.39 is 0 Å². The van der Waals surface area contributed by atoms with E-state index in [1.54, 1.807) is 0 Å². The van der Waals surface area contributed by atoms with E-state index in [-0.39, 0.29) is 6.04 Å². The average molecular weight is 261 g/mol. The van der Waals surface area contributed by atoms with E-state index in [1.807, 2.05) is 11.1 Å². The number of pyridine rings is 1. The summed E-state index contributed by atoms with van der Waals surface area (Å²) in [6.45, 7) is 7.06. The fourth-order valence-corrected chi connectivity index (χ4v) is 2.77. The molecule has 4 heteroatoms. The van der Waals surface area contributed by atoms with Crippen LogP contribution in [0.25, 0.3) is 0 Å². The summed E-state index contributed by atoms with van der Waals surface area (Å²) < 4.78 is 0. The van der Waals surface area contributed by atoms with Crippen molar-refractivity contribution in [3.8, 4) is 0 Å². The summed E-state index contributed by atoms with van der Waals surface area (Å²) in [6.07, 6.45) is 6.25. The maximum absolute atomic E-state index is 11.1. The van der Waals surface area contributed by atoms with Crippen LogP contribution >= 0.6 is 0 Å².